The molecule has 0 heterocycles. The first-order valence-corrected chi connectivity index (χ1v) is 9.36. The lowest BCUT2D eigenvalue weighted by molar-refractivity contribution is 0.0474. The van der Waals surface area contributed by atoms with Crippen molar-refractivity contribution in [1.82, 2.24) is 4.72 Å². The first-order chi connectivity index (χ1) is 12.3. The molecule has 136 valence electrons. The molecule has 8 heteroatoms. The Morgan fingerprint density at radius 2 is 1.81 bits per heavy atom. The number of ketones is 1. The van der Waals surface area contributed by atoms with Gasteiger partial charge >= 0.3 is 5.97 Å². The monoisotopic (exact) mass is 393 g/mol. The standard InChI is InChI=1S/C18H16ClNO5S/c1-2-10-20-26(23,24)16-5-3-4-14(11-16)18(22)25-12-17(21)13-6-8-15(19)9-7-13/h2-9,11,20H,1,10,12H2. The Balaban J connectivity index is 2.05. The van der Waals surface area contributed by atoms with E-state index in [0.717, 1.165) is 0 Å². The average Bonchev–Trinajstić information content (AvgIpc) is 2.65. The van der Waals surface area contributed by atoms with Crippen LogP contribution in [0.2, 0.25) is 5.02 Å². The summed E-state index contributed by atoms with van der Waals surface area (Å²) in [6, 6.07) is 11.5. The summed E-state index contributed by atoms with van der Waals surface area (Å²) in [5, 5.41) is 0.488. The fraction of sp³-hybridized carbons (Fsp3) is 0.111. The van der Waals surface area contributed by atoms with Crippen LogP contribution in [0.4, 0.5) is 0 Å². The predicted octanol–water partition coefficient (Wildman–Crippen LogP) is 2.84. The highest BCUT2D eigenvalue weighted by atomic mass is 35.5. The van der Waals surface area contributed by atoms with E-state index in [1.807, 2.05) is 0 Å². The molecule has 2 aromatic rings. The van der Waals surface area contributed by atoms with Crippen molar-refractivity contribution in [2.45, 2.75) is 4.90 Å². The van der Waals surface area contributed by atoms with Gasteiger partial charge in [-0.05, 0) is 42.5 Å². The van der Waals surface area contributed by atoms with E-state index in [-0.39, 0.29) is 17.0 Å². The molecule has 0 bridgehead atoms. The summed E-state index contributed by atoms with van der Waals surface area (Å²) in [6.45, 7) is 3.03. The number of Topliss-reactive ketones (excluding diaryl/α,β-unsaturated/α-hetero) is 1. The third-order valence-electron chi connectivity index (χ3n) is 3.30. The van der Waals surface area contributed by atoms with Crippen LogP contribution in [0, 0.1) is 0 Å². The van der Waals surface area contributed by atoms with Crippen LogP contribution in [0.25, 0.3) is 0 Å². The fourth-order valence-electron chi connectivity index (χ4n) is 1.98. The summed E-state index contributed by atoms with van der Waals surface area (Å²) in [5.74, 6) is -1.19. The summed E-state index contributed by atoms with van der Waals surface area (Å²) in [5.41, 5.74) is 0.377. The van der Waals surface area contributed by atoms with E-state index in [1.165, 1.54) is 42.5 Å². The Bertz CT molecular complexity index is 923. The molecule has 0 aliphatic rings. The van der Waals surface area contributed by atoms with Gasteiger partial charge in [0.05, 0.1) is 10.5 Å². The third kappa shape index (κ3) is 5.26. The van der Waals surface area contributed by atoms with Gasteiger partial charge in [0.2, 0.25) is 10.0 Å². The van der Waals surface area contributed by atoms with Crippen LogP contribution in [-0.2, 0) is 14.8 Å². The normalized spacial score (nSPS) is 11.0. The van der Waals surface area contributed by atoms with E-state index in [0.29, 0.717) is 10.6 Å². The Labute approximate surface area is 156 Å². The summed E-state index contributed by atoms with van der Waals surface area (Å²) in [6.07, 6.45) is 1.40. The summed E-state index contributed by atoms with van der Waals surface area (Å²) < 4.78 is 31.4. The summed E-state index contributed by atoms with van der Waals surface area (Å²) in [7, 11) is -3.77. The van der Waals surface area contributed by atoms with Crippen molar-refractivity contribution in [2.75, 3.05) is 13.2 Å². The number of hydrogen-bond donors (Lipinski definition) is 1. The number of sulfonamides is 1. The molecule has 2 rings (SSSR count). The minimum absolute atomic E-state index is 0.0235. The molecule has 0 fully saturated rings. The highest BCUT2D eigenvalue weighted by Crippen LogP contribution is 2.13. The van der Waals surface area contributed by atoms with Gasteiger partial charge in [-0.25, -0.2) is 17.9 Å². The molecule has 6 nitrogen and oxygen atoms in total. The third-order valence-corrected chi connectivity index (χ3v) is 4.97. The number of hydrogen-bond acceptors (Lipinski definition) is 5. The van der Waals surface area contributed by atoms with Gasteiger partial charge in [-0.1, -0.05) is 23.7 Å². The molecular formula is C18H16ClNO5S. The smallest absolute Gasteiger partial charge is 0.338 e. The van der Waals surface area contributed by atoms with Crippen molar-refractivity contribution in [1.29, 1.82) is 0 Å². The molecule has 1 N–H and O–H groups in total. The molecule has 0 aromatic heterocycles. The van der Waals surface area contributed by atoms with Crippen molar-refractivity contribution in [3.63, 3.8) is 0 Å². The second-order valence-corrected chi connectivity index (χ2v) is 7.38. The van der Waals surface area contributed by atoms with E-state index in [9.17, 15) is 18.0 Å². The van der Waals surface area contributed by atoms with Crippen molar-refractivity contribution >= 4 is 33.4 Å². The lowest BCUT2D eigenvalue weighted by Crippen LogP contribution is -2.24. The molecule has 0 unspecified atom stereocenters. The SMILES string of the molecule is C=CCNS(=O)(=O)c1cccc(C(=O)OCC(=O)c2ccc(Cl)cc2)c1. The number of esters is 1. The first kappa shape index (κ1) is 19.8. The Morgan fingerprint density at radius 3 is 2.46 bits per heavy atom. The highest BCUT2D eigenvalue weighted by molar-refractivity contribution is 7.89. The molecule has 0 atom stereocenters. The van der Waals surface area contributed by atoms with E-state index < -0.39 is 28.4 Å². The van der Waals surface area contributed by atoms with E-state index in [1.54, 1.807) is 12.1 Å². The number of carbonyl (C=O) groups excluding carboxylic acids is 2. The molecule has 0 spiro atoms. The van der Waals surface area contributed by atoms with Crippen molar-refractivity contribution in [3.05, 3.63) is 77.3 Å². The zero-order valence-electron chi connectivity index (χ0n) is 13.6. The number of rotatable bonds is 8. The molecular weight excluding hydrogens is 378 g/mol. The van der Waals surface area contributed by atoms with Crippen LogP contribution >= 0.6 is 11.6 Å². The van der Waals surface area contributed by atoms with Gasteiger partial charge in [0.25, 0.3) is 0 Å². The van der Waals surface area contributed by atoms with Crippen molar-refractivity contribution < 1.29 is 22.7 Å². The van der Waals surface area contributed by atoms with Gasteiger partial charge in [0.15, 0.2) is 12.4 Å². The molecule has 0 aliphatic carbocycles. The summed E-state index contributed by atoms with van der Waals surface area (Å²) >= 11 is 5.75. The van der Waals surface area contributed by atoms with Gasteiger partial charge in [-0.3, -0.25) is 4.79 Å². The van der Waals surface area contributed by atoms with Crippen molar-refractivity contribution in [2.24, 2.45) is 0 Å². The number of benzene rings is 2. The molecule has 0 amide bonds. The average molecular weight is 394 g/mol. The number of nitrogens with one attached hydrogen (secondary N) is 1. The summed E-state index contributed by atoms with van der Waals surface area (Å²) in [4.78, 5) is 24.0. The maximum Gasteiger partial charge on any atom is 0.338 e. The zero-order chi connectivity index (χ0) is 19.2. The first-order valence-electron chi connectivity index (χ1n) is 7.50. The molecule has 0 saturated heterocycles. The molecule has 0 saturated carbocycles. The van der Waals surface area contributed by atoms with Gasteiger partial charge in [0.1, 0.15) is 0 Å². The predicted molar refractivity (Wildman–Crippen MR) is 97.9 cm³/mol. The van der Waals surface area contributed by atoms with E-state index >= 15 is 0 Å². The molecule has 0 radical (unpaired) electrons. The topological polar surface area (TPSA) is 89.5 Å². The maximum absolute atomic E-state index is 12.1. The number of ether oxygens (including phenoxy) is 1. The minimum Gasteiger partial charge on any atom is -0.454 e. The van der Waals surface area contributed by atoms with Crippen LogP contribution in [0.5, 0.6) is 0 Å². The van der Waals surface area contributed by atoms with E-state index in [4.69, 9.17) is 16.3 Å². The minimum atomic E-state index is -3.77. The second-order valence-electron chi connectivity index (χ2n) is 5.17. The lowest BCUT2D eigenvalue weighted by atomic mass is 10.1. The van der Waals surface area contributed by atoms with Crippen LogP contribution in [0.1, 0.15) is 20.7 Å². The Kier molecular flexibility index (Phi) is 6.68. The Morgan fingerprint density at radius 1 is 1.12 bits per heavy atom. The number of halogens is 1. The van der Waals surface area contributed by atoms with Crippen LogP contribution < -0.4 is 4.72 Å². The number of carbonyl (C=O) groups is 2. The Hall–Kier alpha value is -2.48. The largest absolute Gasteiger partial charge is 0.454 e. The van der Waals surface area contributed by atoms with Crippen molar-refractivity contribution in [3.8, 4) is 0 Å². The van der Waals surface area contributed by atoms with Gasteiger partial charge in [-0.15, -0.1) is 6.58 Å². The quantitative estimate of drug-likeness (QED) is 0.423. The second kappa shape index (κ2) is 8.75. The molecule has 26 heavy (non-hydrogen) atoms. The highest BCUT2D eigenvalue weighted by Gasteiger charge is 2.17. The van der Waals surface area contributed by atoms with Crippen LogP contribution in [0.3, 0.4) is 0 Å². The van der Waals surface area contributed by atoms with Crippen LogP contribution in [-0.4, -0.2) is 33.3 Å². The van der Waals surface area contributed by atoms with Gasteiger partial charge in [0, 0.05) is 17.1 Å². The fourth-order valence-corrected chi connectivity index (χ4v) is 3.15. The van der Waals surface area contributed by atoms with E-state index in [2.05, 4.69) is 11.3 Å². The lowest BCUT2D eigenvalue weighted by Gasteiger charge is -2.08. The van der Waals surface area contributed by atoms with Gasteiger partial charge < -0.3 is 4.74 Å². The molecule has 0 aliphatic heterocycles. The maximum atomic E-state index is 12.1. The van der Waals surface area contributed by atoms with Gasteiger partial charge in [-0.2, -0.15) is 0 Å². The van der Waals surface area contributed by atoms with Crippen LogP contribution in [0.15, 0.2) is 66.1 Å². The molecule has 2 aromatic carbocycles. The zero-order valence-corrected chi connectivity index (χ0v) is 15.2.